The molecule has 0 aliphatic carbocycles. The number of methoxy groups -OCH3 is 1. The van der Waals surface area contributed by atoms with Crippen LogP contribution < -0.4 is 15.2 Å². The molecule has 43 heavy (non-hydrogen) atoms. The summed E-state index contributed by atoms with van der Waals surface area (Å²) >= 11 is 0. The van der Waals surface area contributed by atoms with Crippen molar-refractivity contribution in [2.75, 3.05) is 62.1 Å². The van der Waals surface area contributed by atoms with Gasteiger partial charge in [-0.1, -0.05) is 36.4 Å². The second-order valence-electron chi connectivity index (χ2n) is 9.97. The maximum atomic E-state index is 13.3. The predicted octanol–water partition coefficient (Wildman–Crippen LogP) is 3.74. The lowest BCUT2D eigenvalue weighted by molar-refractivity contribution is -0.119. The first-order chi connectivity index (χ1) is 20.8. The summed E-state index contributed by atoms with van der Waals surface area (Å²) in [4.78, 5) is 65.0. The molecule has 0 unspecified atom stereocenters. The Morgan fingerprint density at radius 1 is 0.907 bits per heavy atom. The van der Waals surface area contributed by atoms with Crippen molar-refractivity contribution in [2.45, 2.75) is 0 Å². The number of carbonyl (C=O) groups is 3. The number of amides is 2. The SMILES string of the molecule is COC(=O)c1ccc2c(c1)NC(=O)/C2=C(/c1ccccc1)N(N=O)c1ccc(N(C)C(=O)CN2CCN(N=O)CC2)cc1. The van der Waals surface area contributed by atoms with Gasteiger partial charge < -0.3 is 15.0 Å². The summed E-state index contributed by atoms with van der Waals surface area (Å²) in [5.41, 5.74) is 3.16. The molecule has 1 N–H and O–H groups in total. The second kappa shape index (κ2) is 12.6. The Balaban J connectivity index is 1.45. The van der Waals surface area contributed by atoms with Gasteiger partial charge in [-0.3, -0.25) is 19.5 Å². The number of rotatable bonds is 9. The van der Waals surface area contributed by atoms with Crippen LogP contribution in [0.1, 0.15) is 21.5 Å². The molecule has 13 heteroatoms. The van der Waals surface area contributed by atoms with Crippen molar-refractivity contribution in [1.82, 2.24) is 9.91 Å². The van der Waals surface area contributed by atoms with Crippen LogP contribution in [0.2, 0.25) is 0 Å². The molecule has 1 saturated heterocycles. The number of benzene rings is 3. The maximum absolute atomic E-state index is 13.3. The maximum Gasteiger partial charge on any atom is 0.337 e. The number of likely N-dealkylation sites (N-methyl/N-ethyl adjacent to an activating group) is 1. The molecule has 13 nitrogen and oxygen atoms in total. The summed E-state index contributed by atoms with van der Waals surface area (Å²) in [5, 5.41) is 11.6. The van der Waals surface area contributed by atoms with Gasteiger partial charge in [0.15, 0.2) is 0 Å². The normalized spacial score (nSPS) is 15.7. The Morgan fingerprint density at radius 2 is 1.58 bits per heavy atom. The van der Waals surface area contributed by atoms with Gasteiger partial charge in [-0.15, -0.1) is 9.81 Å². The van der Waals surface area contributed by atoms with E-state index < -0.39 is 11.9 Å². The monoisotopic (exact) mass is 583 g/mol. The number of nitroso groups, excluding NO2 is 2. The van der Waals surface area contributed by atoms with Gasteiger partial charge in [0.2, 0.25) is 5.91 Å². The topological polar surface area (TPSA) is 144 Å². The number of fused-ring (bicyclic) bond motifs is 1. The number of anilines is 3. The van der Waals surface area contributed by atoms with E-state index in [9.17, 15) is 24.2 Å². The van der Waals surface area contributed by atoms with E-state index in [4.69, 9.17) is 4.74 Å². The smallest absolute Gasteiger partial charge is 0.337 e. The molecule has 1 fully saturated rings. The van der Waals surface area contributed by atoms with E-state index >= 15 is 0 Å². The number of ether oxygens (including phenoxy) is 1. The zero-order valence-electron chi connectivity index (χ0n) is 23.6. The molecule has 0 spiro atoms. The Hall–Kier alpha value is -5.43. The fourth-order valence-electron chi connectivity index (χ4n) is 5.07. The number of hydrogen-bond acceptors (Lipinski definition) is 9. The largest absolute Gasteiger partial charge is 0.465 e. The first kappa shape index (κ1) is 29.1. The Kier molecular flexibility index (Phi) is 8.53. The average molecular weight is 584 g/mol. The third-order valence-electron chi connectivity index (χ3n) is 7.44. The minimum absolute atomic E-state index is 0.136. The Labute approximate surface area is 247 Å². The summed E-state index contributed by atoms with van der Waals surface area (Å²) in [6.07, 6.45) is 0. The van der Waals surface area contributed by atoms with E-state index in [1.165, 1.54) is 23.1 Å². The molecule has 0 atom stereocenters. The van der Waals surface area contributed by atoms with Crippen molar-refractivity contribution in [2.24, 2.45) is 10.6 Å². The number of carbonyl (C=O) groups excluding carboxylic acids is 3. The van der Waals surface area contributed by atoms with Crippen LogP contribution in [-0.2, 0) is 14.3 Å². The minimum Gasteiger partial charge on any atom is -0.465 e. The molecule has 5 rings (SSSR count). The van der Waals surface area contributed by atoms with Crippen molar-refractivity contribution in [3.05, 3.63) is 99.3 Å². The van der Waals surface area contributed by atoms with Gasteiger partial charge in [-0.2, -0.15) is 5.01 Å². The van der Waals surface area contributed by atoms with Gasteiger partial charge in [-0.25, -0.2) is 4.79 Å². The molecule has 2 aliphatic heterocycles. The molecule has 2 heterocycles. The van der Waals surface area contributed by atoms with Crippen molar-refractivity contribution in [1.29, 1.82) is 0 Å². The number of esters is 1. The fourth-order valence-corrected chi connectivity index (χ4v) is 5.07. The molecule has 0 aromatic heterocycles. The fraction of sp³-hybridized carbons (Fsp3) is 0.233. The molecule has 0 saturated carbocycles. The van der Waals surface area contributed by atoms with Crippen LogP contribution in [0.4, 0.5) is 17.1 Å². The highest BCUT2D eigenvalue weighted by molar-refractivity contribution is 6.37. The quantitative estimate of drug-likeness (QED) is 0.172. The van der Waals surface area contributed by atoms with Gasteiger partial charge in [0.05, 0.1) is 65.5 Å². The van der Waals surface area contributed by atoms with Crippen molar-refractivity contribution >= 4 is 46.1 Å². The Bertz CT molecular complexity index is 1580. The minimum atomic E-state index is -0.546. The third kappa shape index (κ3) is 5.97. The lowest BCUT2D eigenvalue weighted by Gasteiger charge is -2.31. The zero-order valence-corrected chi connectivity index (χ0v) is 23.6. The van der Waals surface area contributed by atoms with Gasteiger partial charge in [0, 0.05) is 37.0 Å². The van der Waals surface area contributed by atoms with Gasteiger partial charge in [-0.05, 0) is 36.4 Å². The summed E-state index contributed by atoms with van der Waals surface area (Å²) < 4.78 is 4.80. The lowest BCUT2D eigenvalue weighted by Crippen LogP contribution is -2.48. The van der Waals surface area contributed by atoms with Crippen LogP contribution in [0.3, 0.4) is 0 Å². The predicted molar refractivity (Wildman–Crippen MR) is 162 cm³/mol. The van der Waals surface area contributed by atoms with Gasteiger partial charge in [0.1, 0.15) is 0 Å². The van der Waals surface area contributed by atoms with Crippen LogP contribution >= 0.6 is 0 Å². The van der Waals surface area contributed by atoms with E-state index in [1.807, 2.05) is 11.0 Å². The first-order valence-corrected chi connectivity index (χ1v) is 13.5. The molecular formula is C30H29N7O6. The van der Waals surface area contributed by atoms with Crippen LogP contribution in [0.5, 0.6) is 0 Å². The first-order valence-electron chi connectivity index (χ1n) is 13.5. The van der Waals surface area contributed by atoms with E-state index in [1.54, 1.807) is 67.7 Å². The van der Waals surface area contributed by atoms with Crippen LogP contribution in [0, 0.1) is 9.81 Å². The molecule has 2 aliphatic rings. The van der Waals surface area contributed by atoms with E-state index in [-0.39, 0.29) is 29.3 Å². The molecule has 0 radical (unpaired) electrons. The summed E-state index contributed by atoms with van der Waals surface area (Å²) in [6.45, 7) is 2.24. The molecule has 2 amide bonds. The lowest BCUT2D eigenvalue weighted by atomic mass is 9.98. The average Bonchev–Trinajstić information content (AvgIpc) is 3.37. The second-order valence-corrected chi connectivity index (χ2v) is 9.97. The number of nitrogens with one attached hydrogen (secondary N) is 1. The van der Waals surface area contributed by atoms with Gasteiger partial charge >= 0.3 is 5.97 Å². The number of nitrogens with zero attached hydrogens (tertiary/aromatic N) is 6. The molecule has 3 aromatic carbocycles. The zero-order chi connectivity index (χ0) is 30.5. The highest BCUT2D eigenvalue weighted by atomic mass is 16.5. The standard InChI is InChI=1S/C30H29N7O6/c1-34(26(38)19-35-14-16-36(32-41)17-15-35)22-9-11-23(12-10-22)37(33-42)28(20-6-4-3-5-7-20)27-24-13-8-21(30(40)43-2)18-25(24)31-29(27)39/h3-13,18H,14-17,19H2,1-2H3,(H,31,39)/b28-27-. The summed E-state index contributed by atoms with van der Waals surface area (Å²) in [7, 11) is 2.94. The number of hydrogen-bond donors (Lipinski definition) is 1. The van der Waals surface area contributed by atoms with E-state index in [2.05, 4.69) is 15.9 Å². The molecule has 220 valence electrons. The van der Waals surface area contributed by atoms with Crippen molar-refractivity contribution < 1.29 is 19.1 Å². The van der Waals surface area contributed by atoms with Crippen LogP contribution in [0.25, 0.3) is 11.3 Å². The summed E-state index contributed by atoms with van der Waals surface area (Å²) in [5.74, 6) is -1.14. The third-order valence-corrected chi connectivity index (χ3v) is 7.44. The van der Waals surface area contributed by atoms with E-state index in [0.717, 1.165) is 5.01 Å². The van der Waals surface area contributed by atoms with E-state index in [0.29, 0.717) is 54.4 Å². The highest BCUT2D eigenvalue weighted by Crippen LogP contribution is 2.41. The van der Waals surface area contributed by atoms with Crippen LogP contribution in [-0.4, -0.2) is 74.6 Å². The van der Waals surface area contributed by atoms with Crippen LogP contribution in [0.15, 0.2) is 83.4 Å². The molecule has 3 aromatic rings. The summed E-state index contributed by atoms with van der Waals surface area (Å²) in [6, 6.07) is 20.3. The van der Waals surface area contributed by atoms with Crippen molar-refractivity contribution in [3.8, 4) is 0 Å². The molecular weight excluding hydrogens is 554 g/mol. The number of piperazine rings is 1. The molecule has 0 bridgehead atoms. The highest BCUT2D eigenvalue weighted by Gasteiger charge is 2.32. The van der Waals surface area contributed by atoms with Crippen molar-refractivity contribution in [3.63, 3.8) is 0 Å². The van der Waals surface area contributed by atoms with Gasteiger partial charge in [0.25, 0.3) is 5.91 Å². The Morgan fingerprint density at radius 3 is 2.21 bits per heavy atom.